The van der Waals surface area contributed by atoms with E-state index in [0.29, 0.717) is 22.7 Å². The Labute approximate surface area is 198 Å². The number of rotatable bonds is 6. The van der Waals surface area contributed by atoms with Gasteiger partial charge in [-0.25, -0.2) is 0 Å². The Morgan fingerprint density at radius 1 is 1.12 bits per heavy atom. The first-order valence-corrected chi connectivity index (χ1v) is 11.0. The number of hydrogen-bond acceptors (Lipinski definition) is 4. The van der Waals surface area contributed by atoms with Crippen LogP contribution in [0.2, 0.25) is 5.02 Å². The highest BCUT2D eigenvalue weighted by Gasteiger charge is 2.18. The molecule has 0 aliphatic carbocycles. The molecule has 0 spiro atoms. The molecule has 4 rings (SSSR count). The van der Waals surface area contributed by atoms with E-state index < -0.39 is 5.91 Å². The number of carbonyl (C=O) groups is 1. The number of amides is 1. The van der Waals surface area contributed by atoms with Gasteiger partial charge in [-0.2, -0.15) is 0 Å². The maximum Gasteiger partial charge on any atom is 0.302 e. The molecule has 0 fully saturated rings. The number of fused-ring (bicyclic) bond motifs is 1. The van der Waals surface area contributed by atoms with Gasteiger partial charge in [-0.1, -0.05) is 57.9 Å². The Kier molecular flexibility index (Phi) is 6.58. The van der Waals surface area contributed by atoms with Gasteiger partial charge in [0.1, 0.15) is 5.75 Å². The summed E-state index contributed by atoms with van der Waals surface area (Å²) in [6.45, 7) is 2.02. The standard InChI is InChI=1S/C24H19BrClN3O3/c1-15-11-18(8-9-20(15)26)32-14-22(30)27-28-23-19-12-17(25)7-10-21(19)29(24(23)31)13-16-5-3-2-4-6-16/h2-12,31H,13-14H2,1H3. The third-order valence-corrected chi connectivity index (χ3v) is 5.83. The van der Waals surface area contributed by atoms with Crippen LogP contribution in [0.1, 0.15) is 11.1 Å². The van der Waals surface area contributed by atoms with Crippen LogP contribution in [-0.2, 0) is 11.3 Å². The summed E-state index contributed by atoms with van der Waals surface area (Å²) in [5.74, 6) is -0.120. The highest BCUT2D eigenvalue weighted by molar-refractivity contribution is 9.10. The minimum absolute atomic E-state index is 0.0623. The molecule has 6 nitrogen and oxygen atoms in total. The zero-order valence-corrected chi connectivity index (χ0v) is 19.5. The predicted molar refractivity (Wildman–Crippen MR) is 128 cm³/mol. The average molecular weight is 513 g/mol. The lowest BCUT2D eigenvalue weighted by Gasteiger charge is -2.07. The van der Waals surface area contributed by atoms with Gasteiger partial charge >= 0.3 is 5.91 Å². The van der Waals surface area contributed by atoms with Crippen LogP contribution in [0.3, 0.4) is 0 Å². The van der Waals surface area contributed by atoms with Gasteiger partial charge < -0.3 is 14.4 Å². The SMILES string of the molecule is Cc1cc(OCC(=O)N=Nc2c(O)n(Cc3ccccc3)c3ccc(Br)cc23)ccc1Cl. The second kappa shape index (κ2) is 9.54. The average Bonchev–Trinajstić information content (AvgIpc) is 3.04. The van der Waals surface area contributed by atoms with E-state index in [4.69, 9.17) is 16.3 Å². The number of hydrogen-bond donors (Lipinski definition) is 1. The summed E-state index contributed by atoms with van der Waals surface area (Å²) < 4.78 is 8.04. The summed E-state index contributed by atoms with van der Waals surface area (Å²) in [5, 5.41) is 20.0. The van der Waals surface area contributed by atoms with Crippen LogP contribution in [0, 0.1) is 6.92 Å². The third kappa shape index (κ3) is 4.84. The number of benzene rings is 3. The smallest absolute Gasteiger partial charge is 0.302 e. The molecule has 1 heterocycles. The van der Waals surface area contributed by atoms with Crippen molar-refractivity contribution in [2.24, 2.45) is 10.2 Å². The number of halogens is 2. The van der Waals surface area contributed by atoms with Crippen molar-refractivity contribution in [1.82, 2.24) is 4.57 Å². The lowest BCUT2D eigenvalue weighted by molar-refractivity contribution is -0.120. The van der Waals surface area contributed by atoms with E-state index in [1.165, 1.54) is 0 Å². The Bertz CT molecular complexity index is 1320. The normalized spacial score (nSPS) is 11.3. The molecule has 0 saturated carbocycles. The molecule has 8 heteroatoms. The van der Waals surface area contributed by atoms with E-state index in [0.717, 1.165) is 21.1 Å². The van der Waals surface area contributed by atoms with Crippen molar-refractivity contribution in [3.63, 3.8) is 0 Å². The zero-order chi connectivity index (χ0) is 22.7. The second-order valence-corrected chi connectivity index (χ2v) is 8.52. The molecule has 0 aliphatic heterocycles. The first-order valence-electron chi connectivity index (χ1n) is 9.80. The van der Waals surface area contributed by atoms with Crippen LogP contribution in [0.4, 0.5) is 5.69 Å². The molecule has 162 valence electrons. The molecule has 4 aromatic rings. The quantitative estimate of drug-likeness (QED) is 0.288. The van der Waals surface area contributed by atoms with Crippen molar-refractivity contribution in [1.29, 1.82) is 0 Å². The molecule has 1 aromatic heterocycles. The van der Waals surface area contributed by atoms with Crippen LogP contribution in [0.25, 0.3) is 10.9 Å². The van der Waals surface area contributed by atoms with E-state index in [9.17, 15) is 9.90 Å². The first kappa shape index (κ1) is 22.0. The molecule has 0 saturated heterocycles. The number of carbonyl (C=O) groups excluding carboxylic acids is 1. The molecule has 0 aliphatic rings. The van der Waals surface area contributed by atoms with Gasteiger partial charge in [0.25, 0.3) is 0 Å². The van der Waals surface area contributed by atoms with Gasteiger partial charge in [0.2, 0.25) is 5.88 Å². The van der Waals surface area contributed by atoms with E-state index in [-0.39, 0.29) is 18.2 Å². The number of azo groups is 1. The lowest BCUT2D eigenvalue weighted by atomic mass is 10.2. The first-order chi connectivity index (χ1) is 15.4. The molecule has 1 N–H and O–H groups in total. The van der Waals surface area contributed by atoms with Crippen molar-refractivity contribution in [2.45, 2.75) is 13.5 Å². The Morgan fingerprint density at radius 3 is 2.66 bits per heavy atom. The summed E-state index contributed by atoms with van der Waals surface area (Å²) in [5.41, 5.74) is 2.88. The Hall–Kier alpha value is -3.16. The Balaban J connectivity index is 1.58. The summed E-state index contributed by atoms with van der Waals surface area (Å²) in [6, 6.07) is 20.5. The molecular weight excluding hydrogens is 494 g/mol. The summed E-state index contributed by atoms with van der Waals surface area (Å²) in [4.78, 5) is 12.2. The van der Waals surface area contributed by atoms with Crippen molar-refractivity contribution in [3.05, 3.63) is 87.4 Å². The fraction of sp³-hybridized carbons (Fsp3) is 0.125. The highest BCUT2D eigenvalue weighted by Crippen LogP contribution is 2.40. The van der Waals surface area contributed by atoms with Crippen LogP contribution in [0.15, 0.2) is 81.4 Å². The molecular formula is C24H19BrClN3O3. The molecule has 0 atom stereocenters. The van der Waals surface area contributed by atoms with Gasteiger partial charge in [0, 0.05) is 14.9 Å². The van der Waals surface area contributed by atoms with E-state index >= 15 is 0 Å². The summed E-state index contributed by atoms with van der Waals surface area (Å²) in [6.07, 6.45) is 0. The number of nitrogens with zero attached hydrogens (tertiary/aromatic N) is 3. The molecule has 0 unspecified atom stereocenters. The van der Waals surface area contributed by atoms with E-state index in [1.54, 1.807) is 22.8 Å². The molecule has 0 radical (unpaired) electrons. The maximum absolute atomic E-state index is 12.2. The maximum atomic E-state index is 12.2. The van der Waals surface area contributed by atoms with Crippen molar-refractivity contribution < 1.29 is 14.6 Å². The summed E-state index contributed by atoms with van der Waals surface area (Å²) in [7, 11) is 0. The molecule has 0 bridgehead atoms. The summed E-state index contributed by atoms with van der Waals surface area (Å²) >= 11 is 9.45. The van der Waals surface area contributed by atoms with Crippen LogP contribution >= 0.6 is 27.5 Å². The van der Waals surface area contributed by atoms with Gasteiger partial charge in [0.15, 0.2) is 12.3 Å². The Morgan fingerprint density at radius 2 is 1.91 bits per heavy atom. The minimum atomic E-state index is -0.573. The molecule has 3 aromatic carbocycles. The highest BCUT2D eigenvalue weighted by atomic mass is 79.9. The number of aromatic hydroxyl groups is 1. The number of aryl methyl sites for hydroxylation is 1. The van der Waals surface area contributed by atoms with Crippen molar-refractivity contribution >= 4 is 50.0 Å². The molecule has 32 heavy (non-hydrogen) atoms. The van der Waals surface area contributed by atoms with Gasteiger partial charge in [0.05, 0.1) is 12.1 Å². The van der Waals surface area contributed by atoms with Crippen molar-refractivity contribution in [2.75, 3.05) is 6.61 Å². The number of aromatic nitrogens is 1. The fourth-order valence-corrected chi connectivity index (χ4v) is 3.79. The lowest BCUT2D eigenvalue weighted by Crippen LogP contribution is -2.07. The largest absolute Gasteiger partial charge is 0.493 e. The van der Waals surface area contributed by atoms with E-state index in [1.807, 2.05) is 55.5 Å². The topological polar surface area (TPSA) is 76.2 Å². The van der Waals surface area contributed by atoms with Gasteiger partial charge in [-0.15, -0.1) is 10.2 Å². The van der Waals surface area contributed by atoms with Crippen LogP contribution in [-0.4, -0.2) is 22.2 Å². The fourth-order valence-electron chi connectivity index (χ4n) is 3.31. The third-order valence-electron chi connectivity index (χ3n) is 4.91. The minimum Gasteiger partial charge on any atom is -0.493 e. The van der Waals surface area contributed by atoms with Crippen LogP contribution < -0.4 is 4.74 Å². The van der Waals surface area contributed by atoms with Crippen LogP contribution in [0.5, 0.6) is 11.6 Å². The predicted octanol–water partition coefficient (Wildman–Crippen LogP) is 6.81. The van der Waals surface area contributed by atoms with E-state index in [2.05, 4.69) is 26.2 Å². The molecule has 1 amide bonds. The zero-order valence-electron chi connectivity index (χ0n) is 17.1. The van der Waals surface area contributed by atoms with Gasteiger partial charge in [-0.3, -0.25) is 4.79 Å². The monoisotopic (exact) mass is 511 g/mol. The van der Waals surface area contributed by atoms with Crippen molar-refractivity contribution in [3.8, 4) is 11.6 Å². The van der Waals surface area contributed by atoms with Gasteiger partial charge in [-0.05, 0) is 54.4 Å². The second-order valence-electron chi connectivity index (χ2n) is 7.20. The number of ether oxygens (including phenoxy) is 1.